The fraction of sp³-hybridized carbons (Fsp3) is 0.233. The molecule has 1 fully saturated rings. The standard InChI is InChI=1S/C30H26F2N4O2S/c1-16(2)36-15-23(29(38)33-14-20-11-21(31)7-8-24(20)32)22-12-18(6-10-26(22)36)19-5-9-25-27(13-19)39-30(34-25)35-28(37)17-3-4-17/h5-13,15-17H,3-4,14H2,1-2H3,(H,33,38)(H,34,35,37). The van der Waals surface area contributed by atoms with Gasteiger partial charge in [0, 0.05) is 41.2 Å². The van der Waals surface area contributed by atoms with Crippen molar-refractivity contribution < 1.29 is 18.4 Å². The summed E-state index contributed by atoms with van der Waals surface area (Å²) in [5, 5.41) is 7.02. The van der Waals surface area contributed by atoms with Crippen molar-refractivity contribution in [3.8, 4) is 11.1 Å². The summed E-state index contributed by atoms with van der Waals surface area (Å²) in [7, 11) is 0. The molecule has 6 nitrogen and oxygen atoms in total. The van der Waals surface area contributed by atoms with Crippen LogP contribution in [0.1, 0.15) is 48.7 Å². The number of fused-ring (bicyclic) bond motifs is 2. The van der Waals surface area contributed by atoms with E-state index < -0.39 is 11.6 Å². The Morgan fingerprint density at radius 1 is 1.05 bits per heavy atom. The number of aromatic nitrogens is 2. The highest BCUT2D eigenvalue weighted by Crippen LogP contribution is 2.35. The van der Waals surface area contributed by atoms with Gasteiger partial charge < -0.3 is 15.2 Å². The summed E-state index contributed by atoms with van der Waals surface area (Å²) in [6, 6.07) is 15.2. The Hall–Kier alpha value is -4.11. The molecule has 2 N–H and O–H groups in total. The van der Waals surface area contributed by atoms with Crippen molar-refractivity contribution in [1.82, 2.24) is 14.9 Å². The number of carbonyl (C=O) groups excluding carboxylic acids is 2. The van der Waals surface area contributed by atoms with E-state index in [-0.39, 0.29) is 35.9 Å². The first kappa shape index (κ1) is 25.2. The Morgan fingerprint density at radius 2 is 1.82 bits per heavy atom. The lowest BCUT2D eigenvalue weighted by Gasteiger charge is -2.09. The molecule has 0 radical (unpaired) electrons. The first-order chi connectivity index (χ1) is 18.8. The number of halogens is 2. The van der Waals surface area contributed by atoms with Crippen molar-refractivity contribution in [3.63, 3.8) is 0 Å². The Labute approximate surface area is 227 Å². The van der Waals surface area contributed by atoms with Crippen molar-refractivity contribution in [2.24, 2.45) is 5.92 Å². The second kappa shape index (κ2) is 9.89. The maximum absolute atomic E-state index is 14.1. The molecule has 1 saturated carbocycles. The zero-order valence-electron chi connectivity index (χ0n) is 21.4. The molecule has 1 aliphatic rings. The van der Waals surface area contributed by atoms with E-state index in [2.05, 4.69) is 15.6 Å². The average molecular weight is 545 g/mol. The maximum Gasteiger partial charge on any atom is 0.253 e. The largest absolute Gasteiger partial charge is 0.348 e. The molecule has 9 heteroatoms. The quantitative estimate of drug-likeness (QED) is 0.230. The van der Waals surface area contributed by atoms with Gasteiger partial charge in [-0.15, -0.1) is 0 Å². The topological polar surface area (TPSA) is 76.0 Å². The normalized spacial score (nSPS) is 13.4. The maximum atomic E-state index is 14.1. The Kier molecular flexibility index (Phi) is 6.38. The minimum absolute atomic E-state index is 0.0281. The lowest BCUT2D eigenvalue weighted by molar-refractivity contribution is -0.117. The summed E-state index contributed by atoms with van der Waals surface area (Å²) < 4.78 is 30.7. The minimum atomic E-state index is -0.572. The van der Waals surface area contributed by atoms with Crippen LogP contribution < -0.4 is 10.6 Å². The van der Waals surface area contributed by atoms with Crippen molar-refractivity contribution in [2.75, 3.05) is 5.32 Å². The molecule has 5 aromatic rings. The molecule has 0 aliphatic heterocycles. The van der Waals surface area contributed by atoms with Gasteiger partial charge in [-0.1, -0.05) is 23.5 Å². The number of nitrogens with zero attached hydrogens (tertiary/aromatic N) is 2. The van der Waals surface area contributed by atoms with Crippen LogP contribution in [0.25, 0.3) is 32.2 Å². The Bertz CT molecular complexity index is 1750. The first-order valence-corrected chi connectivity index (χ1v) is 13.7. The van der Waals surface area contributed by atoms with Crippen LogP contribution in [0.2, 0.25) is 0 Å². The van der Waals surface area contributed by atoms with Crippen molar-refractivity contribution in [3.05, 3.63) is 83.6 Å². The van der Waals surface area contributed by atoms with E-state index in [9.17, 15) is 18.4 Å². The van der Waals surface area contributed by atoms with Gasteiger partial charge in [-0.25, -0.2) is 13.8 Å². The van der Waals surface area contributed by atoms with Crippen LogP contribution in [-0.4, -0.2) is 21.4 Å². The molecule has 0 atom stereocenters. The van der Waals surface area contributed by atoms with E-state index >= 15 is 0 Å². The van der Waals surface area contributed by atoms with Gasteiger partial charge in [-0.3, -0.25) is 9.59 Å². The predicted octanol–water partition coefficient (Wildman–Crippen LogP) is 7.06. The zero-order valence-corrected chi connectivity index (χ0v) is 22.2. The second-order valence-corrected chi connectivity index (χ2v) is 11.2. The highest BCUT2D eigenvalue weighted by Gasteiger charge is 2.30. The van der Waals surface area contributed by atoms with E-state index in [1.807, 2.05) is 54.8 Å². The van der Waals surface area contributed by atoms with Crippen molar-refractivity contribution in [2.45, 2.75) is 39.3 Å². The molecular weight excluding hydrogens is 518 g/mol. The van der Waals surface area contributed by atoms with Crippen LogP contribution in [0, 0.1) is 17.6 Å². The molecule has 0 saturated heterocycles. The summed E-state index contributed by atoms with van der Waals surface area (Å²) in [5.41, 5.74) is 4.14. The first-order valence-electron chi connectivity index (χ1n) is 12.9. The summed E-state index contributed by atoms with van der Waals surface area (Å²) >= 11 is 1.44. The SMILES string of the molecule is CC(C)n1cc(C(=O)NCc2cc(F)ccc2F)c2cc(-c3ccc4nc(NC(=O)C5CC5)sc4c3)ccc21. The molecule has 2 aromatic heterocycles. The third-order valence-electron chi connectivity index (χ3n) is 6.98. The van der Waals surface area contributed by atoms with Gasteiger partial charge in [0.15, 0.2) is 5.13 Å². The molecule has 2 heterocycles. The fourth-order valence-electron chi connectivity index (χ4n) is 4.70. The number of hydrogen-bond donors (Lipinski definition) is 2. The lowest BCUT2D eigenvalue weighted by Crippen LogP contribution is -2.23. The van der Waals surface area contributed by atoms with Gasteiger partial charge in [0.2, 0.25) is 5.91 Å². The number of hydrogen-bond acceptors (Lipinski definition) is 4. The summed E-state index contributed by atoms with van der Waals surface area (Å²) in [5.74, 6) is -1.36. The summed E-state index contributed by atoms with van der Waals surface area (Å²) in [4.78, 5) is 29.9. The summed E-state index contributed by atoms with van der Waals surface area (Å²) in [6.45, 7) is 3.95. The van der Waals surface area contributed by atoms with Crippen LogP contribution in [0.4, 0.5) is 13.9 Å². The molecule has 1 aliphatic carbocycles. The minimum Gasteiger partial charge on any atom is -0.348 e. The highest BCUT2D eigenvalue weighted by atomic mass is 32.1. The lowest BCUT2D eigenvalue weighted by atomic mass is 10.0. The third-order valence-corrected chi connectivity index (χ3v) is 7.91. The molecule has 3 aromatic carbocycles. The molecule has 6 rings (SSSR count). The average Bonchev–Trinajstić information content (AvgIpc) is 3.59. The number of benzene rings is 3. The van der Waals surface area contributed by atoms with Crippen LogP contribution in [0.3, 0.4) is 0 Å². The van der Waals surface area contributed by atoms with E-state index in [0.717, 1.165) is 63.3 Å². The number of thiazole rings is 1. The predicted molar refractivity (Wildman–Crippen MR) is 150 cm³/mol. The fourth-order valence-corrected chi connectivity index (χ4v) is 5.61. The zero-order chi connectivity index (χ0) is 27.3. The number of rotatable bonds is 7. The van der Waals surface area contributed by atoms with Gasteiger partial charge >= 0.3 is 0 Å². The van der Waals surface area contributed by atoms with Crippen LogP contribution in [-0.2, 0) is 11.3 Å². The van der Waals surface area contributed by atoms with Crippen molar-refractivity contribution >= 4 is 49.4 Å². The second-order valence-electron chi connectivity index (χ2n) is 10.2. The molecule has 39 heavy (non-hydrogen) atoms. The van der Waals surface area contributed by atoms with Crippen LogP contribution in [0.5, 0.6) is 0 Å². The third kappa shape index (κ3) is 5.02. The van der Waals surface area contributed by atoms with E-state index in [0.29, 0.717) is 10.7 Å². The van der Waals surface area contributed by atoms with Gasteiger partial charge in [0.1, 0.15) is 11.6 Å². The summed E-state index contributed by atoms with van der Waals surface area (Å²) in [6.07, 6.45) is 3.67. The molecular formula is C30H26F2N4O2S. The highest BCUT2D eigenvalue weighted by molar-refractivity contribution is 7.22. The van der Waals surface area contributed by atoms with Gasteiger partial charge in [-0.2, -0.15) is 0 Å². The van der Waals surface area contributed by atoms with Gasteiger partial charge in [0.25, 0.3) is 5.91 Å². The smallest absolute Gasteiger partial charge is 0.253 e. The number of carbonyl (C=O) groups is 2. The van der Waals surface area contributed by atoms with E-state index in [1.54, 1.807) is 6.20 Å². The number of nitrogens with one attached hydrogen (secondary N) is 2. The molecule has 198 valence electrons. The van der Waals surface area contributed by atoms with E-state index in [1.165, 1.54) is 11.3 Å². The Morgan fingerprint density at radius 3 is 2.59 bits per heavy atom. The van der Waals surface area contributed by atoms with Crippen LogP contribution in [0.15, 0.2) is 60.8 Å². The van der Waals surface area contributed by atoms with Gasteiger partial charge in [0.05, 0.1) is 15.8 Å². The molecule has 2 amide bonds. The van der Waals surface area contributed by atoms with Crippen LogP contribution >= 0.6 is 11.3 Å². The molecule has 0 bridgehead atoms. The number of anilines is 1. The monoisotopic (exact) mass is 544 g/mol. The van der Waals surface area contributed by atoms with Gasteiger partial charge in [-0.05, 0) is 80.3 Å². The Balaban J connectivity index is 1.32. The molecule has 0 unspecified atom stereocenters. The van der Waals surface area contributed by atoms with E-state index in [4.69, 9.17) is 0 Å². The number of amides is 2. The van der Waals surface area contributed by atoms with Crippen molar-refractivity contribution in [1.29, 1.82) is 0 Å². The molecule has 0 spiro atoms.